The SMILES string of the molecule is CCCNC(=O)NC(=O)COC(=O)c1ccc(COc2ccc(Cl)cc2)cc1. The van der Waals surface area contributed by atoms with Crippen molar-refractivity contribution in [1.82, 2.24) is 10.6 Å². The third-order valence-corrected chi connectivity index (χ3v) is 3.78. The van der Waals surface area contributed by atoms with Gasteiger partial charge in [-0.25, -0.2) is 9.59 Å². The summed E-state index contributed by atoms with van der Waals surface area (Å²) >= 11 is 5.82. The Labute approximate surface area is 168 Å². The Hall–Kier alpha value is -3.06. The third kappa shape index (κ3) is 7.28. The normalized spacial score (nSPS) is 10.1. The number of hydrogen-bond acceptors (Lipinski definition) is 5. The Morgan fingerprint density at radius 2 is 1.68 bits per heavy atom. The summed E-state index contributed by atoms with van der Waals surface area (Å²) < 4.78 is 10.5. The van der Waals surface area contributed by atoms with E-state index in [1.807, 2.05) is 6.92 Å². The molecule has 0 heterocycles. The number of benzene rings is 2. The maximum absolute atomic E-state index is 12.0. The van der Waals surface area contributed by atoms with Crippen molar-refractivity contribution < 1.29 is 23.9 Å². The van der Waals surface area contributed by atoms with E-state index < -0.39 is 24.5 Å². The maximum Gasteiger partial charge on any atom is 0.338 e. The van der Waals surface area contributed by atoms with Gasteiger partial charge in [0.2, 0.25) is 0 Å². The summed E-state index contributed by atoms with van der Waals surface area (Å²) in [4.78, 5) is 34.9. The van der Waals surface area contributed by atoms with E-state index in [-0.39, 0.29) is 0 Å². The number of hydrogen-bond donors (Lipinski definition) is 2. The molecule has 0 aromatic heterocycles. The molecule has 3 amide bonds. The molecule has 0 atom stereocenters. The van der Waals surface area contributed by atoms with Gasteiger partial charge in [-0.05, 0) is 48.4 Å². The molecule has 2 N–H and O–H groups in total. The predicted octanol–water partition coefficient (Wildman–Crippen LogP) is 3.31. The molecule has 2 aromatic rings. The van der Waals surface area contributed by atoms with E-state index in [1.54, 1.807) is 48.5 Å². The van der Waals surface area contributed by atoms with Crippen LogP contribution >= 0.6 is 11.6 Å². The second kappa shape index (κ2) is 10.9. The summed E-state index contributed by atoms with van der Waals surface area (Å²) in [6.07, 6.45) is 0.747. The first-order valence-corrected chi connectivity index (χ1v) is 9.08. The molecule has 0 radical (unpaired) electrons. The highest BCUT2D eigenvalue weighted by molar-refractivity contribution is 6.30. The number of halogens is 1. The largest absolute Gasteiger partial charge is 0.489 e. The molecular formula is C20H21ClN2O5. The third-order valence-electron chi connectivity index (χ3n) is 3.53. The van der Waals surface area contributed by atoms with Crippen molar-refractivity contribution in [2.24, 2.45) is 0 Å². The molecule has 7 nitrogen and oxygen atoms in total. The average molecular weight is 405 g/mol. The van der Waals surface area contributed by atoms with Crippen molar-refractivity contribution in [3.63, 3.8) is 0 Å². The van der Waals surface area contributed by atoms with Crippen LogP contribution in [0.15, 0.2) is 48.5 Å². The highest BCUT2D eigenvalue weighted by atomic mass is 35.5. The number of rotatable bonds is 8. The van der Waals surface area contributed by atoms with Crippen LogP contribution in [0.4, 0.5) is 4.79 Å². The molecule has 28 heavy (non-hydrogen) atoms. The topological polar surface area (TPSA) is 93.7 Å². The monoisotopic (exact) mass is 404 g/mol. The van der Waals surface area contributed by atoms with Crippen LogP contribution in [0.5, 0.6) is 5.75 Å². The standard InChI is InChI=1S/C20H21ClN2O5/c1-2-11-22-20(26)23-18(24)13-28-19(25)15-5-3-14(4-6-15)12-27-17-9-7-16(21)8-10-17/h3-10H,2,11-13H2,1H3,(H2,22,23,24,26). The molecule has 0 saturated heterocycles. The summed E-state index contributed by atoms with van der Waals surface area (Å²) in [7, 11) is 0. The highest BCUT2D eigenvalue weighted by Gasteiger charge is 2.12. The van der Waals surface area contributed by atoms with Crippen LogP contribution in [0.2, 0.25) is 5.02 Å². The summed E-state index contributed by atoms with van der Waals surface area (Å²) in [6, 6.07) is 13.0. The molecule has 0 unspecified atom stereocenters. The highest BCUT2D eigenvalue weighted by Crippen LogP contribution is 2.17. The lowest BCUT2D eigenvalue weighted by Gasteiger charge is -2.08. The Morgan fingerprint density at radius 1 is 1.00 bits per heavy atom. The fraction of sp³-hybridized carbons (Fsp3) is 0.250. The van der Waals surface area contributed by atoms with Crippen LogP contribution < -0.4 is 15.4 Å². The van der Waals surface area contributed by atoms with Gasteiger partial charge in [-0.2, -0.15) is 0 Å². The van der Waals surface area contributed by atoms with Crippen molar-refractivity contribution >= 4 is 29.5 Å². The lowest BCUT2D eigenvalue weighted by atomic mass is 10.1. The van der Waals surface area contributed by atoms with Gasteiger partial charge >= 0.3 is 12.0 Å². The van der Waals surface area contributed by atoms with Crippen molar-refractivity contribution in [2.45, 2.75) is 20.0 Å². The number of carbonyl (C=O) groups is 3. The molecule has 0 aliphatic rings. The fourth-order valence-corrected chi connectivity index (χ4v) is 2.22. The van der Waals surface area contributed by atoms with Gasteiger partial charge in [0.1, 0.15) is 12.4 Å². The zero-order chi connectivity index (χ0) is 20.4. The predicted molar refractivity (Wildman–Crippen MR) is 104 cm³/mol. The number of nitrogens with one attached hydrogen (secondary N) is 2. The second-order valence-corrected chi connectivity index (χ2v) is 6.26. The number of imide groups is 1. The first-order chi connectivity index (χ1) is 13.5. The molecule has 0 saturated carbocycles. The quantitative estimate of drug-likeness (QED) is 0.658. The van der Waals surface area contributed by atoms with Crippen LogP contribution in [0.25, 0.3) is 0 Å². The van der Waals surface area contributed by atoms with Gasteiger partial charge < -0.3 is 14.8 Å². The zero-order valence-electron chi connectivity index (χ0n) is 15.4. The van der Waals surface area contributed by atoms with E-state index >= 15 is 0 Å². The van der Waals surface area contributed by atoms with E-state index in [2.05, 4.69) is 10.6 Å². The molecule has 0 aliphatic heterocycles. The fourth-order valence-electron chi connectivity index (χ4n) is 2.09. The minimum absolute atomic E-state index is 0.290. The van der Waals surface area contributed by atoms with E-state index in [0.29, 0.717) is 29.5 Å². The van der Waals surface area contributed by atoms with E-state index in [9.17, 15) is 14.4 Å². The van der Waals surface area contributed by atoms with Crippen molar-refractivity contribution in [1.29, 1.82) is 0 Å². The summed E-state index contributed by atoms with van der Waals surface area (Å²) in [6.45, 7) is 2.12. The van der Waals surface area contributed by atoms with Crippen LogP contribution in [0, 0.1) is 0 Å². The Morgan fingerprint density at radius 3 is 2.32 bits per heavy atom. The van der Waals surface area contributed by atoms with E-state index in [1.165, 1.54) is 0 Å². The van der Waals surface area contributed by atoms with E-state index in [4.69, 9.17) is 21.1 Å². The number of esters is 1. The molecule has 2 aromatic carbocycles. The molecule has 0 fully saturated rings. The second-order valence-electron chi connectivity index (χ2n) is 5.82. The van der Waals surface area contributed by atoms with Gasteiger partial charge in [0.15, 0.2) is 6.61 Å². The minimum atomic E-state index is -0.699. The maximum atomic E-state index is 12.0. The van der Waals surface area contributed by atoms with Gasteiger partial charge in [-0.1, -0.05) is 30.7 Å². The van der Waals surface area contributed by atoms with Gasteiger partial charge in [0, 0.05) is 11.6 Å². The van der Waals surface area contributed by atoms with Crippen molar-refractivity contribution in [3.8, 4) is 5.75 Å². The van der Waals surface area contributed by atoms with Crippen LogP contribution in [0.3, 0.4) is 0 Å². The number of carbonyl (C=O) groups excluding carboxylic acids is 3. The Kier molecular flexibility index (Phi) is 8.30. The van der Waals surface area contributed by atoms with Gasteiger partial charge in [-0.3, -0.25) is 10.1 Å². The van der Waals surface area contributed by atoms with Crippen LogP contribution in [-0.4, -0.2) is 31.1 Å². The Balaban J connectivity index is 1.77. The number of ether oxygens (including phenoxy) is 2. The summed E-state index contributed by atoms with van der Waals surface area (Å²) in [5, 5.41) is 5.19. The van der Waals surface area contributed by atoms with Crippen molar-refractivity contribution in [2.75, 3.05) is 13.2 Å². The van der Waals surface area contributed by atoms with E-state index in [0.717, 1.165) is 12.0 Å². The number of urea groups is 1. The first-order valence-electron chi connectivity index (χ1n) is 8.70. The van der Waals surface area contributed by atoms with Gasteiger partial charge in [-0.15, -0.1) is 0 Å². The molecule has 0 aliphatic carbocycles. The van der Waals surface area contributed by atoms with Crippen LogP contribution in [0.1, 0.15) is 29.3 Å². The molecule has 0 spiro atoms. The lowest BCUT2D eigenvalue weighted by Crippen LogP contribution is -2.41. The average Bonchev–Trinajstić information content (AvgIpc) is 2.70. The van der Waals surface area contributed by atoms with Crippen molar-refractivity contribution in [3.05, 3.63) is 64.7 Å². The molecule has 0 bridgehead atoms. The smallest absolute Gasteiger partial charge is 0.338 e. The minimum Gasteiger partial charge on any atom is -0.489 e. The molecule has 2 rings (SSSR count). The number of amides is 3. The zero-order valence-corrected chi connectivity index (χ0v) is 16.1. The lowest BCUT2D eigenvalue weighted by molar-refractivity contribution is -0.123. The van der Waals surface area contributed by atoms with Gasteiger partial charge in [0.25, 0.3) is 5.91 Å². The van der Waals surface area contributed by atoms with Crippen LogP contribution in [-0.2, 0) is 16.1 Å². The molecular weight excluding hydrogens is 384 g/mol. The van der Waals surface area contributed by atoms with Gasteiger partial charge in [0.05, 0.1) is 5.56 Å². The Bertz CT molecular complexity index is 806. The summed E-state index contributed by atoms with van der Waals surface area (Å²) in [5.74, 6) is -0.675. The molecule has 8 heteroatoms. The molecule has 148 valence electrons. The first kappa shape index (κ1) is 21.2. The summed E-state index contributed by atoms with van der Waals surface area (Å²) in [5.41, 5.74) is 1.15.